The molecule has 0 aliphatic carbocycles. The van der Waals surface area contributed by atoms with Crippen LogP contribution in [-0.4, -0.2) is 66.7 Å². The fraction of sp³-hybridized carbons (Fsp3) is 0.818. The maximum absolute atomic E-state index is 12.4. The maximum Gasteiger partial charge on any atom is 0.409 e. The molecular formula is C11H21N3O4S2. The summed E-state index contributed by atoms with van der Waals surface area (Å²) in [7, 11) is -3.55. The highest BCUT2D eigenvalue weighted by atomic mass is 32.2. The Morgan fingerprint density at radius 2 is 1.85 bits per heavy atom. The molecule has 7 nitrogen and oxygen atoms in total. The molecule has 20 heavy (non-hydrogen) atoms. The van der Waals surface area contributed by atoms with E-state index in [9.17, 15) is 13.2 Å². The van der Waals surface area contributed by atoms with Gasteiger partial charge >= 0.3 is 6.09 Å². The quantitative estimate of drug-likeness (QED) is 0.724. The van der Waals surface area contributed by atoms with Gasteiger partial charge in [0.05, 0.1) is 11.6 Å². The van der Waals surface area contributed by atoms with Crippen LogP contribution in [0.5, 0.6) is 0 Å². The Morgan fingerprint density at radius 3 is 2.25 bits per heavy atom. The number of nitrogens with two attached hydrogens (primary N) is 1. The monoisotopic (exact) mass is 323 g/mol. The number of carbonyl (C=O) groups excluding carboxylic acids is 1. The molecule has 0 spiro atoms. The summed E-state index contributed by atoms with van der Waals surface area (Å²) in [5, 5.41) is -0.841. The Labute approximate surface area is 125 Å². The highest BCUT2D eigenvalue weighted by Gasteiger charge is 2.35. The second-order valence-corrected chi connectivity index (χ2v) is 7.02. The fourth-order valence-electron chi connectivity index (χ4n) is 2.08. The normalized spacial score (nSPS) is 18.6. The predicted octanol–water partition coefficient (Wildman–Crippen LogP) is 0.155. The summed E-state index contributed by atoms with van der Waals surface area (Å²) in [4.78, 5) is 13.0. The number of nitrogens with zero attached hydrogens (tertiary/aromatic N) is 2. The van der Waals surface area contributed by atoms with Gasteiger partial charge in [-0.3, -0.25) is 0 Å². The third-order valence-corrected chi connectivity index (χ3v) is 6.00. The molecule has 0 radical (unpaired) electrons. The number of hydrogen-bond donors (Lipinski definition) is 1. The Hall–Kier alpha value is -0.930. The number of rotatable bonds is 5. The van der Waals surface area contributed by atoms with Crippen molar-refractivity contribution in [1.29, 1.82) is 0 Å². The van der Waals surface area contributed by atoms with Crippen LogP contribution in [0.25, 0.3) is 0 Å². The summed E-state index contributed by atoms with van der Waals surface area (Å²) in [6.07, 6.45) is -0.0682. The van der Waals surface area contributed by atoms with Gasteiger partial charge in [0.15, 0.2) is 0 Å². The second-order valence-electron chi connectivity index (χ2n) is 4.43. The lowest BCUT2D eigenvalue weighted by Crippen LogP contribution is -2.54. The van der Waals surface area contributed by atoms with Crippen molar-refractivity contribution in [3.63, 3.8) is 0 Å². The van der Waals surface area contributed by atoms with Crippen LogP contribution in [0.3, 0.4) is 0 Å². The first-order valence-electron chi connectivity index (χ1n) is 6.54. The van der Waals surface area contributed by atoms with Crippen LogP contribution in [0.15, 0.2) is 0 Å². The van der Waals surface area contributed by atoms with Crippen LogP contribution >= 0.6 is 12.2 Å². The molecule has 1 saturated heterocycles. The third-order valence-electron chi connectivity index (χ3n) is 3.17. The SMILES string of the molecule is CCOC(=O)N1CCN(S(=O)(=O)C(CC)C(N)=S)CC1. The molecule has 1 aliphatic heterocycles. The number of carbonyl (C=O) groups is 1. The number of ether oxygens (including phenoxy) is 1. The van der Waals surface area contributed by atoms with Gasteiger partial charge in [0.25, 0.3) is 0 Å². The molecule has 0 aromatic carbocycles. The molecule has 116 valence electrons. The lowest BCUT2D eigenvalue weighted by Gasteiger charge is -2.34. The standard InChI is InChI=1S/C11H21N3O4S2/c1-3-9(10(12)19)20(16,17)14-7-5-13(6-8-14)11(15)18-4-2/h9H,3-8H2,1-2H3,(H2,12,19). The molecule has 1 fully saturated rings. The Bertz CT molecular complexity index is 458. The molecule has 1 atom stereocenters. The summed E-state index contributed by atoms with van der Waals surface area (Å²) >= 11 is 4.82. The molecule has 9 heteroatoms. The summed E-state index contributed by atoms with van der Waals surface area (Å²) < 4.78 is 31.0. The number of piperazine rings is 1. The molecule has 1 heterocycles. The highest BCUT2D eigenvalue weighted by molar-refractivity contribution is 7.92. The van der Waals surface area contributed by atoms with E-state index < -0.39 is 21.4 Å². The average Bonchev–Trinajstić information content (AvgIpc) is 2.39. The van der Waals surface area contributed by atoms with Gasteiger partial charge in [0, 0.05) is 26.2 Å². The number of thiocarbonyl (C=S) groups is 1. The van der Waals surface area contributed by atoms with Crippen LogP contribution < -0.4 is 5.73 Å². The van der Waals surface area contributed by atoms with E-state index in [1.807, 2.05) is 0 Å². The van der Waals surface area contributed by atoms with E-state index in [4.69, 9.17) is 22.7 Å². The van der Waals surface area contributed by atoms with Crippen molar-refractivity contribution >= 4 is 33.3 Å². The van der Waals surface area contributed by atoms with Crippen LogP contribution in [0.2, 0.25) is 0 Å². The van der Waals surface area contributed by atoms with Gasteiger partial charge in [-0.1, -0.05) is 19.1 Å². The summed E-state index contributed by atoms with van der Waals surface area (Å²) in [6, 6.07) is 0. The zero-order chi connectivity index (χ0) is 15.3. The van der Waals surface area contributed by atoms with Crippen molar-refractivity contribution in [3.8, 4) is 0 Å². The molecule has 1 unspecified atom stereocenters. The van der Waals surface area contributed by atoms with Crippen molar-refractivity contribution < 1.29 is 17.9 Å². The van der Waals surface area contributed by atoms with Crippen molar-refractivity contribution in [2.75, 3.05) is 32.8 Å². The number of sulfonamides is 1. The Balaban J connectivity index is 2.69. The van der Waals surface area contributed by atoms with E-state index in [1.54, 1.807) is 13.8 Å². The smallest absolute Gasteiger partial charge is 0.409 e. The van der Waals surface area contributed by atoms with Crippen LogP contribution in [0.4, 0.5) is 4.79 Å². The minimum atomic E-state index is -3.55. The van der Waals surface area contributed by atoms with Crippen molar-refractivity contribution in [1.82, 2.24) is 9.21 Å². The first kappa shape index (κ1) is 17.1. The van der Waals surface area contributed by atoms with Gasteiger partial charge in [-0.05, 0) is 13.3 Å². The minimum Gasteiger partial charge on any atom is -0.450 e. The van der Waals surface area contributed by atoms with Crippen LogP contribution in [0, 0.1) is 0 Å². The first-order valence-corrected chi connectivity index (χ1v) is 8.45. The minimum absolute atomic E-state index is 0.0136. The summed E-state index contributed by atoms with van der Waals surface area (Å²) in [6.45, 7) is 4.86. The zero-order valence-corrected chi connectivity index (χ0v) is 13.4. The van der Waals surface area contributed by atoms with E-state index in [0.717, 1.165) is 0 Å². The first-order chi connectivity index (χ1) is 9.34. The zero-order valence-electron chi connectivity index (χ0n) is 11.7. The Kier molecular flexibility index (Phi) is 6.15. The maximum atomic E-state index is 12.4. The molecule has 0 aromatic heterocycles. The van der Waals surface area contributed by atoms with E-state index >= 15 is 0 Å². The second kappa shape index (κ2) is 7.19. The molecule has 1 aliphatic rings. The Morgan fingerprint density at radius 1 is 1.30 bits per heavy atom. The van der Waals surface area contributed by atoms with Crippen molar-refractivity contribution in [2.24, 2.45) is 5.73 Å². The molecule has 0 saturated carbocycles. The van der Waals surface area contributed by atoms with Gasteiger partial charge in [-0.15, -0.1) is 0 Å². The molecule has 0 aromatic rings. The highest BCUT2D eigenvalue weighted by Crippen LogP contribution is 2.16. The third kappa shape index (κ3) is 3.80. The largest absolute Gasteiger partial charge is 0.450 e. The van der Waals surface area contributed by atoms with E-state index in [1.165, 1.54) is 9.21 Å². The van der Waals surface area contributed by atoms with Gasteiger partial charge in [-0.25, -0.2) is 13.2 Å². The van der Waals surface area contributed by atoms with E-state index in [0.29, 0.717) is 26.1 Å². The number of amides is 1. The van der Waals surface area contributed by atoms with Crippen molar-refractivity contribution in [2.45, 2.75) is 25.5 Å². The van der Waals surface area contributed by atoms with Crippen molar-refractivity contribution in [3.05, 3.63) is 0 Å². The lowest BCUT2D eigenvalue weighted by atomic mass is 10.3. The summed E-state index contributed by atoms with van der Waals surface area (Å²) in [5.74, 6) is 0. The predicted molar refractivity (Wildman–Crippen MR) is 80.0 cm³/mol. The topological polar surface area (TPSA) is 92.9 Å². The fourth-order valence-corrected chi connectivity index (χ4v) is 4.36. The van der Waals surface area contributed by atoms with Crippen LogP contribution in [0.1, 0.15) is 20.3 Å². The van der Waals surface area contributed by atoms with E-state index in [2.05, 4.69) is 0 Å². The molecule has 1 amide bonds. The lowest BCUT2D eigenvalue weighted by molar-refractivity contribution is 0.0933. The molecule has 1 rings (SSSR count). The van der Waals surface area contributed by atoms with Gasteiger partial charge in [0.1, 0.15) is 5.25 Å². The van der Waals surface area contributed by atoms with E-state index in [-0.39, 0.29) is 18.1 Å². The van der Waals surface area contributed by atoms with Gasteiger partial charge < -0.3 is 15.4 Å². The molecular weight excluding hydrogens is 302 g/mol. The van der Waals surface area contributed by atoms with Gasteiger partial charge in [-0.2, -0.15) is 4.31 Å². The number of hydrogen-bond acceptors (Lipinski definition) is 5. The average molecular weight is 323 g/mol. The van der Waals surface area contributed by atoms with Crippen LogP contribution in [-0.2, 0) is 14.8 Å². The van der Waals surface area contributed by atoms with Gasteiger partial charge in [0.2, 0.25) is 10.0 Å². The summed E-state index contributed by atoms with van der Waals surface area (Å²) in [5.41, 5.74) is 5.50. The molecule has 0 bridgehead atoms. The molecule has 2 N–H and O–H groups in total.